The SMILES string of the molecule is CC/C=C\C/C=C\C/C=C\C/C=C\C/C=C\C/C=C\C/C=C\CCCCCCCC(=O)OC(CO)COC(=O)CCCCCCCCCCCCCCCCCCCCCCCCCCCCCC/C=C\C/C=C\C/C=C\C/C=C\CC. The van der Waals surface area contributed by atoms with Crippen LogP contribution in [0.25, 0.3) is 0 Å². The molecule has 0 spiro atoms. The second kappa shape index (κ2) is 71.3. The highest BCUT2D eigenvalue weighted by Crippen LogP contribution is 2.18. The van der Waals surface area contributed by atoms with Crippen molar-refractivity contribution >= 4 is 11.9 Å². The van der Waals surface area contributed by atoms with Crippen LogP contribution in [0.4, 0.5) is 0 Å². The molecule has 5 nitrogen and oxygen atoms in total. The lowest BCUT2D eigenvalue weighted by molar-refractivity contribution is -0.161. The molecule has 0 aromatic rings. The van der Waals surface area contributed by atoms with Crippen LogP contribution in [0.15, 0.2) is 134 Å². The van der Waals surface area contributed by atoms with Crippen molar-refractivity contribution in [2.24, 2.45) is 0 Å². The Hall–Kier alpha value is -3.96. The van der Waals surface area contributed by atoms with Gasteiger partial charge in [0.2, 0.25) is 0 Å². The Morgan fingerprint density at radius 3 is 0.732 bits per heavy atom. The first-order valence-electron chi connectivity index (χ1n) is 34.7. The fourth-order valence-electron chi connectivity index (χ4n) is 9.82. The van der Waals surface area contributed by atoms with E-state index in [9.17, 15) is 14.7 Å². The van der Waals surface area contributed by atoms with E-state index in [1.54, 1.807) is 0 Å². The van der Waals surface area contributed by atoms with E-state index in [1.165, 1.54) is 167 Å². The van der Waals surface area contributed by atoms with Crippen molar-refractivity contribution in [2.45, 2.75) is 328 Å². The van der Waals surface area contributed by atoms with Crippen LogP contribution in [0.1, 0.15) is 322 Å². The topological polar surface area (TPSA) is 72.8 Å². The van der Waals surface area contributed by atoms with E-state index in [2.05, 4.69) is 148 Å². The number of allylic oxidation sites excluding steroid dienone is 22. The molecule has 468 valence electrons. The molecule has 0 aliphatic heterocycles. The van der Waals surface area contributed by atoms with Crippen molar-refractivity contribution in [2.75, 3.05) is 13.2 Å². The van der Waals surface area contributed by atoms with Crippen LogP contribution in [0, 0.1) is 0 Å². The summed E-state index contributed by atoms with van der Waals surface area (Å²) < 4.78 is 10.7. The maximum absolute atomic E-state index is 12.3. The van der Waals surface area contributed by atoms with Gasteiger partial charge in [-0.25, -0.2) is 0 Å². The molecule has 82 heavy (non-hydrogen) atoms. The number of rotatable bonds is 63. The van der Waals surface area contributed by atoms with Gasteiger partial charge in [-0.2, -0.15) is 0 Å². The van der Waals surface area contributed by atoms with Crippen molar-refractivity contribution in [1.29, 1.82) is 0 Å². The number of aliphatic hydroxyl groups is 1. The van der Waals surface area contributed by atoms with Gasteiger partial charge in [-0.1, -0.05) is 334 Å². The predicted molar refractivity (Wildman–Crippen MR) is 361 cm³/mol. The second-order valence-corrected chi connectivity index (χ2v) is 22.8. The highest BCUT2D eigenvalue weighted by Gasteiger charge is 2.16. The summed E-state index contributed by atoms with van der Waals surface area (Å²) in [5.74, 6) is -0.608. The zero-order chi connectivity index (χ0) is 59.1. The van der Waals surface area contributed by atoms with E-state index in [-0.39, 0.29) is 25.2 Å². The summed E-state index contributed by atoms with van der Waals surface area (Å²) in [6.45, 7) is 3.92. The van der Waals surface area contributed by atoms with Gasteiger partial charge < -0.3 is 14.6 Å². The molecule has 5 heteroatoms. The number of unbranched alkanes of at least 4 members (excludes halogenated alkanes) is 33. The molecule has 1 atom stereocenters. The van der Waals surface area contributed by atoms with Crippen LogP contribution < -0.4 is 0 Å². The first-order chi connectivity index (χ1) is 40.6. The zero-order valence-corrected chi connectivity index (χ0v) is 53.7. The van der Waals surface area contributed by atoms with Gasteiger partial charge in [-0.15, -0.1) is 0 Å². The van der Waals surface area contributed by atoms with E-state index < -0.39 is 6.10 Å². The van der Waals surface area contributed by atoms with E-state index in [0.717, 1.165) is 128 Å². The third-order valence-corrected chi connectivity index (χ3v) is 14.9. The second-order valence-electron chi connectivity index (χ2n) is 22.8. The Balaban J connectivity index is 3.46. The average Bonchev–Trinajstić information content (AvgIpc) is 3.49. The smallest absolute Gasteiger partial charge is 0.306 e. The predicted octanol–water partition coefficient (Wildman–Crippen LogP) is 24.3. The molecule has 0 heterocycles. The van der Waals surface area contributed by atoms with Crippen LogP contribution in [-0.2, 0) is 19.1 Å². The standard InChI is InChI=1S/C77H130O5/c1-3-5-7-9-11-13-15-17-19-21-23-25-27-29-31-32-33-34-35-36-37-38-39-40-41-42-43-44-46-47-49-51-53-55-57-59-61-63-65-67-69-71-76(79)81-74-75(73-78)82-77(80)72-70-68-66-64-62-60-58-56-54-52-50-48-45-30-28-26-24-22-20-18-16-14-12-10-8-6-4-2/h5-8,11-14,17-20,23-26,30,45,50,52,56,58,75,78H,3-4,9-10,15-16,21-22,27-29,31-44,46-49,51,53-55,57,59-74H2,1-2H3/b7-5-,8-6-,13-11-,14-12-,19-17-,20-18-,25-23-,26-24-,45-30-,52-50-,58-56-. The van der Waals surface area contributed by atoms with Gasteiger partial charge in [-0.3, -0.25) is 9.59 Å². The fourth-order valence-corrected chi connectivity index (χ4v) is 9.82. The minimum absolute atomic E-state index is 0.0776. The van der Waals surface area contributed by atoms with Crippen molar-refractivity contribution in [3.63, 3.8) is 0 Å². The Bertz CT molecular complexity index is 1670. The van der Waals surface area contributed by atoms with Gasteiger partial charge in [0.25, 0.3) is 0 Å². The number of ether oxygens (including phenoxy) is 2. The summed E-state index contributed by atoms with van der Waals surface area (Å²) in [6, 6.07) is 0. The lowest BCUT2D eigenvalue weighted by atomic mass is 10.0. The molecular weight excluding hydrogens is 1000 g/mol. The number of carbonyl (C=O) groups is 2. The largest absolute Gasteiger partial charge is 0.462 e. The molecule has 0 amide bonds. The molecule has 0 fully saturated rings. The van der Waals surface area contributed by atoms with E-state index in [4.69, 9.17) is 9.47 Å². The minimum Gasteiger partial charge on any atom is -0.462 e. The summed E-state index contributed by atoms with van der Waals surface area (Å²) in [7, 11) is 0. The molecule has 0 aromatic carbocycles. The third kappa shape index (κ3) is 68.5. The lowest BCUT2D eigenvalue weighted by Crippen LogP contribution is -2.28. The highest BCUT2D eigenvalue weighted by atomic mass is 16.6. The quantitative estimate of drug-likeness (QED) is 0.0373. The van der Waals surface area contributed by atoms with Crippen LogP contribution in [0.2, 0.25) is 0 Å². The molecule has 0 aromatic heterocycles. The monoisotopic (exact) mass is 1130 g/mol. The molecule has 1 unspecified atom stereocenters. The van der Waals surface area contributed by atoms with Crippen molar-refractivity contribution in [3.8, 4) is 0 Å². The van der Waals surface area contributed by atoms with Gasteiger partial charge in [0.05, 0.1) is 6.61 Å². The highest BCUT2D eigenvalue weighted by molar-refractivity contribution is 5.70. The molecule has 0 aliphatic carbocycles. The normalized spacial score (nSPS) is 13.1. The lowest BCUT2D eigenvalue weighted by Gasteiger charge is -2.15. The molecule has 1 N–H and O–H groups in total. The number of hydrogen-bond acceptors (Lipinski definition) is 5. The Labute approximate surface area is 508 Å². The number of aliphatic hydroxyl groups excluding tert-OH is 1. The van der Waals surface area contributed by atoms with Gasteiger partial charge in [0.1, 0.15) is 6.61 Å². The first-order valence-corrected chi connectivity index (χ1v) is 34.7. The van der Waals surface area contributed by atoms with Crippen LogP contribution >= 0.6 is 0 Å². The van der Waals surface area contributed by atoms with Crippen LogP contribution in [-0.4, -0.2) is 36.4 Å². The van der Waals surface area contributed by atoms with E-state index in [1.807, 2.05) is 0 Å². The Morgan fingerprint density at radius 1 is 0.280 bits per heavy atom. The Kier molecular flexibility index (Phi) is 67.9. The molecule has 0 bridgehead atoms. The minimum atomic E-state index is -0.791. The van der Waals surface area contributed by atoms with Crippen LogP contribution in [0.5, 0.6) is 0 Å². The van der Waals surface area contributed by atoms with E-state index in [0.29, 0.717) is 12.8 Å². The number of carbonyl (C=O) groups excluding carboxylic acids is 2. The maximum Gasteiger partial charge on any atom is 0.306 e. The van der Waals surface area contributed by atoms with Gasteiger partial charge in [0, 0.05) is 12.8 Å². The molecule has 0 saturated carbocycles. The van der Waals surface area contributed by atoms with Gasteiger partial charge >= 0.3 is 11.9 Å². The summed E-state index contributed by atoms with van der Waals surface area (Å²) in [5.41, 5.74) is 0. The summed E-state index contributed by atoms with van der Waals surface area (Å²) in [4.78, 5) is 24.6. The van der Waals surface area contributed by atoms with Crippen molar-refractivity contribution < 1.29 is 24.2 Å². The molecule has 0 aliphatic rings. The fraction of sp³-hybridized carbons (Fsp3) is 0.688. The summed E-state index contributed by atoms with van der Waals surface area (Å²) in [5, 5.41) is 9.69. The number of esters is 2. The molecule has 0 rings (SSSR count). The maximum atomic E-state index is 12.3. The molecule has 0 saturated heterocycles. The number of hydrogen-bond donors (Lipinski definition) is 1. The van der Waals surface area contributed by atoms with Crippen molar-refractivity contribution in [3.05, 3.63) is 134 Å². The Morgan fingerprint density at radius 2 is 0.488 bits per heavy atom. The summed E-state index contributed by atoms with van der Waals surface area (Å²) in [6.07, 6.45) is 106. The summed E-state index contributed by atoms with van der Waals surface area (Å²) >= 11 is 0. The first kappa shape index (κ1) is 78.0. The van der Waals surface area contributed by atoms with Crippen LogP contribution in [0.3, 0.4) is 0 Å². The van der Waals surface area contributed by atoms with E-state index >= 15 is 0 Å². The third-order valence-electron chi connectivity index (χ3n) is 14.9. The van der Waals surface area contributed by atoms with Gasteiger partial charge in [0.15, 0.2) is 6.10 Å². The molecule has 0 radical (unpaired) electrons. The van der Waals surface area contributed by atoms with Crippen molar-refractivity contribution in [1.82, 2.24) is 0 Å². The average molecular weight is 1140 g/mol. The zero-order valence-electron chi connectivity index (χ0n) is 53.7. The van der Waals surface area contributed by atoms with Gasteiger partial charge in [-0.05, 0) is 109 Å². The molecular formula is C77H130O5.